The summed E-state index contributed by atoms with van der Waals surface area (Å²) in [6.45, 7) is 0. The molecule has 1 heterocycles. The van der Waals surface area contributed by atoms with Crippen molar-refractivity contribution in [3.8, 4) is 0 Å². The predicted molar refractivity (Wildman–Crippen MR) is 64.8 cm³/mol. The van der Waals surface area contributed by atoms with Gasteiger partial charge in [-0.3, -0.25) is 14.6 Å². The van der Waals surface area contributed by atoms with Crippen molar-refractivity contribution in [1.29, 1.82) is 0 Å². The summed E-state index contributed by atoms with van der Waals surface area (Å²) in [6.07, 6.45) is 0.686. The number of anilines is 1. The summed E-state index contributed by atoms with van der Waals surface area (Å²) in [7, 11) is 0. The van der Waals surface area contributed by atoms with Crippen LogP contribution in [0, 0.1) is 5.41 Å². The number of carbonyl (C=O) groups is 2. The molecule has 1 aromatic heterocycles. The van der Waals surface area contributed by atoms with Gasteiger partial charge in [-0.2, -0.15) is 0 Å². The maximum Gasteiger partial charge on any atom is 0.417 e. The molecule has 19 heavy (non-hydrogen) atoms. The molecule has 0 radical (unpaired) electrons. The molecule has 1 aromatic carbocycles. The van der Waals surface area contributed by atoms with Crippen molar-refractivity contribution in [2.24, 2.45) is 5.41 Å². The van der Waals surface area contributed by atoms with Gasteiger partial charge in [-0.15, -0.1) is 0 Å². The summed E-state index contributed by atoms with van der Waals surface area (Å²) in [5.41, 5.74) is -0.0772. The molecule has 3 N–H and O–H groups in total. The van der Waals surface area contributed by atoms with Gasteiger partial charge < -0.3 is 14.8 Å². The van der Waals surface area contributed by atoms with E-state index < -0.39 is 23.0 Å². The van der Waals surface area contributed by atoms with Gasteiger partial charge in [0.05, 0.1) is 5.52 Å². The first-order chi connectivity index (χ1) is 9.01. The molecule has 0 spiro atoms. The number of fused-ring (bicyclic) bond motifs is 1. The molecule has 7 nitrogen and oxygen atoms in total. The third-order valence-electron chi connectivity index (χ3n) is 3.27. The van der Waals surface area contributed by atoms with E-state index in [1.807, 2.05) is 0 Å². The van der Waals surface area contributed by atoms with Gasteiger partial charge in [0.1, 0.15) is 5.41 Å². The quantitative estimate of drug-likeness (QED) is 0.712. The molecule has 0 saturated heterocycles. The number of aliphatic carboxylic acids is 1. The Hall–Kier alpha value is -2.57. The molecule has 0 aliphatic heterocycles. The lowest BCUT2D eigenvalue weighted by Gasteiger charge is -2.10. The minimum atomic E-state index is -1.30. The molecular formula is C12H10N2O5. The van der Waals surface area contributed by atoms with E-state index in [0.717, 1.165) is 0 Å². The van der Waals surface area contributed by atoms with E-state index in [-0.39, 0.29) is 0 Å². The van der Waals surface area contributed by atoms with Gasteiger partial charge in [0.2, 0.25) is 5.91 Å². The van der Waals surface area contributed by atoms with Crippen molar-refractivity contribution in [1.82, 2.24) is 4.98 Å². The molecule has 0 bridgehead atoms. The van der Waals surface area contributed by atoms with Gasteiger partial charge >= 0.3 is 11.7 Å². The van der Waals surface area contributed by atoms with Gasteiger partial charge in [0.25, 0.3) is 0 Å². The standard InChI is InChI=1S/C12H10N2O5/c15-9(12(3-4-12)10(16)17)13-6-1-2-7-8(5-6)19-11(18)14-7/h1-2,5H,3-4H2,(H,13,15)(H,14,18)(H,16,17). The van der Waals surface area contributed by atoms with Crippen LogP contribution in [0.5, 0.6) is 0 Å². The Bertz CT molecular complexity index is 738. The minimum Gasteiger partial charge on any atom is -0.480 e. The fraction of sp³-hybridized carbons (Fsp3) is 0.250. The van der Waals surface area contributed by atoms with Gasteiger partial charge in [0.15, 0.2) is 5.58 Å². The lowest BCUT2D eigenvalue weighted by Crippen LogP contribution is -2.31. The van der Waals surface area contributed by atoms with Crippen LogP contribution in [0.1, 0.15) is 12.8 Å². The van der Waals surface area contributed by atoms with Crippen molar-refractivity contribution >= 4 is 28.7 Å². The monoisotopic (exact) mass is 262 g/mol. The number of carbonyl (C=O) groups excluding carboxylic acids is 1. The highest BCUT2D eigenvalue weighted by Gasteiger charge is 2.57. The molecule has 98 valence electrons. The zero-order valence-corrected chi connectivity index (χ0v) is 9.73. The summed E-state index contributed by atoms with van der Waals surface area (Å²) in [6, 6.07) is 4.63. The number of aromatic nitrogens is 1. The van der Waals surface area contributed by atoms with E-state index in [4.69, 9.17) is 9.52 Å². The Morgan fingerprint density at radius 2 is 2.11 bits per heavy atom. The van der Waals surface area contributed by atoms with Crippen LogP contribution < -0.4 is 11.1 Å². The molecule has 1 aliphatic carbocycles. The average Bonchev–Trinajstić information content (AvgIpc) is 3.07. The number of nitrogens with one attached hydrogen (secondary N) is 2. The molecular weight excluding hydrogens is 252 g/mol. The normalized spacial score (nSPS) is 16.2. The smallest absolute Gasteiger partial charge is 0.417 e. The van der Waals surface area contributed by atoms with Crippen LogP contribution in [-0.2, 0) is 9.59 Å². The Labute approximate surface area is 106 Å². The lowest BCUT2D eigenvalue weighted by molar-refractivity contribution is -0.147. The number of aromatic amines is 1. The first-order valence-corrected chi connectivity index (χ1v) is 5.69. The van der Waals surface area contributed by atoms with E-state index in [1.165, 1.54) is 6.07 Å². The van der Waals surface area contributed by atoms with Crippen LogP contribution in [-0.4, -0.2) is 22.0 Å². The second kappa shape index (κ2) is 3.71. The Morgan fingerprint density at radius 1 is 1.37 bits per heavy atom. The number of oxazole rings is 1. The first kappa shape index (κ1) is 11.5. The molecule has 1 fully saturated rings. The number of benzene rings is 1. The van der Waals surface area contributed by atoms with Crippen molar-refractivity contribution < 1.29 is 19.1 Å². The Kier molecular flexibility index (Phi) is 2.25. The number of hydrogen-bond donors (Lipinski definition) is 3. The third-order valence-corrected chi connectivity index (χ3v) is 3.27. The Morgan fingerprint density at radius 3 is 2.74 bits per heavy atom. The highest BCUT2D eigenvalue weighted by molar-refractivity contribution is 6.11. The van der Waals surface area contributed by atoms with Crippen LogP contribution in [0.3, 0.4) is 0 Å². The van der Waals surface area contributed by atoms with Crippen molar-refractivity contribution in [2.45, 2.75) is 12.8 Å². The molecule has 1 aliphatic rings. The maximum atomic E-state index is 11.9. The number of carboxylic acids is 1. The highest BCUT2D eigenvalue weighted by Crippen LogP contribution is 2.46. The fourth-order valence-electron chi connectivity index (χ4n) is 1.94. The number of carboxylic acid groups (broad SMARTS) is 1. The van der Waals surface area contributed by atoms with Gasteiger partial charge in [-0.05, 0) is 25.0 Å². The summed E-state index contributed by atoms with van der Waals surface area (Å²) in [5.74, 6) is -2.24. The maximum absolute atomic E-state index is 11.9. The zero-order valence-electron chi connectivity index (χ0n) is 9.73. The largest absolute Gasteiger partial charge is 0.480 e. The summed E-state index contributed by atoms with van der Waals surface area (Å²) in [4.78, 5) is 36.4. The van der Waals surface area contributed by atoms with Gasteiger partial charge in [-0.1, -0.05) is 0 Å². The van der Waals surface area contributed by atoms with Crippen LogP contribution >= 0.6 is 0 Å². The van der Waals surface area contributed by atoms with Gasteiger partial charge in [0, 0.05) is 11.8 Å². The predicted octanol–water partition coefficient (Wildman–Crippen LogP) is 0.924. The van der Waals surface area contributed by atoms with Gasteiger partial charge in [-0.25, -0.2) is 4.79 Å². The second-order valence-corrected chi connectivity index (χ2v) is 4.57. The van der Waals surface area contributed by atoms with Crippen LogP contribution in [0.2, 0.25) is 0 Å². The molecule has 0 unspecified atom stereocenters. The molecule has 1 amide bonds. The van der Waals surface area contributed by atoms with E-state index in [9.17, 15) is 14.4 Å². The summed E-state index contributed by atoms with van der Waals surface area (Å²) < 4.78 is 4.86. The van der Waals surface area contributed by atoms with Crippen molar-refractivity contribution in [2.75, 3.05) is 5.32 Å². The van der Waals surface area contributed by atoms with E-state index in [1.54, 1.807) is 12.1 Å². The second-order valence-electron chi connectivity index (χ2n) is 4.57. The summed E-state index contributed by atoms with van der Waals surface area (Å²) >= 11 is 0. The molecule has 0 atom stereocenters. The number of rotatable bonds is 3. The highest BCUT2D eigenvalue weighted by atomic mass is 16.4. The van der Waals surface area contributed by atoms with E-state index >= 15 is 0 Å². The lowest BCUT2D eigenvalue weighted by atomic mass is 10.1. The molecule has 1 saturated carbocycles. The first-order valence-electron chi connectivity index (χ1n) is 5.69. The molecule has 3 rings (SSSR count). The molecule has 2 aromatic rings. The van der Waals surface area contributed by atoms with Crippen LogP contribution in [0.4, 0.5) is 5.69 Å². The van der Waals surface area contributed by atoms with E-state index in [0.29, 0.717) is 29.6 Å². The number of hydrogen-bond acceptors (Lipinski definition) is 4. The third kappa shape index (κ3) is 1.79. The van der Waals surface area contributed by atoms with Crippen LogP contribution in [0.25, 0.3) is 11.1 Å². The molecule has 7 heteroatoms. The zero-order chi connectivity index (χ0) is 13.6. The summed E-state index contributed by atoms with van der Waals surface area (Å²) in [5, 5.41) is 11.5. The SMILES string of the molecule is O=C(O)C1(C(=O)Nc2ccc3[nH]c(=O)oc3c2)CC1. The Balaban J connectivity index is 1.87. The number of amides is 1. The average molecular weight is 262 g/mol. The van der Waals surface area contributed by atoms with Crippen LogP contribution in [0.15, 0.2) is 27.4 Å². The topological polar surface area (TPSA) is 112 Å². The minimum absolute atomic E-state index is 0.308. The number of H-pyrrole nitrogens is 1. The van der Waals surface area contributed by atoms with Crippen molar-refractivity contribution in [3.63, 3.8) is 0 Å². The fourth-order valence-corrected chi connectivity index (χ4v) is 1.94. The van der Waals surface area contributed by atoms with Crippen molar-refractivity contribution in [3.05, 3.63) is 28.7 Å². The van der Waals surface area contributed by atoms with E-state index in [2.05, 4.69) is 10.3 Å².